The molecule has 1 saturated heterocycles. The van der Waals surface area contributed by atoms with Gasteiger partial charge in [0, 0.05) is 0 Å². The molecule has 1 aliphatic rings. The Kier molecular flexibility index (Phi) is 2.73. The molecule has 1 heterocycles. The molecule has 0 unspecified atom stereocenters. The topological polar surface area (TPSA) is 18.5 Å². The SMILES string of the molecule is CCC1(COc2ccccc2)COC1. The van der Waals surface area contributed by atoms with Gasteiger partial charge in [-0.1, -0.05) is 25.1 Å². The molecule has 1 aliphatic heterocycles. The second kappa shape index (κ2) is 4.01. The van der Waals surface area contributed by atoms with E-state index in [-0.39, 0.29) is 5.41 Å². The molecule has 0 atom stereocenters. The molecule has 76 valence electrons. The Morgan fingerprint density at radius 3 is 2.50 bits per heavy atom. The molecule has 2 nitrogen and oxygen atoms in total. The summed E-state index contributed by atoms with van der Waals surface area (Å²) >= 11 is 0. The molecular formula is C12H16O2. The minimum Gasteiger partial charge on any atom is -0.493 e. The molecule has 0 amide bonds. The fraction of sp³-hybridized carbons (Fsp3) is 0.500. The number of rotatable bonds is 4. The van der Waals surface area contributed by atoms with Crippen LogP contribution in [0.5, 0.6) is 5.75 Å². The van der Waals surface area contributed by atoms with Crippen LogP contribution in [0.1, 0.15) is 13.3 Å². The summed E-state index contributed by atoms with van der Waals surface area (Å²) in [6, 6.07) is 9.96. The molecule has 1 aromatic carbocycles. The van der Waals surface area contributed by atoms with Crippen LogP contribution < -0.4 is 4.74 Å². The van der Waals surface area contributed by atoms with Crippen LogP contribution >= 0.6 is 0 Å². The van der Waals surface area contributed by atoms with E-state index in [1.54, 1.807) is 0 Å². The van der Waals surface area contributed by atoms with E-state index >= 15 is 0 Å². The van der Waals surface area contributed by atoms with Gasteiger partial charge in [0.2, 0.25) is 0 Å². The Morgan fingerprint density at radius 1 is 1.29 bits per heavy atom. The maximum absolute atomic E-state index is 5.72. The van der Waals surface area contributed by atoms with Crippen molar-refractivity contribution in [2.24, 2.45) is 5.41 Å². The number of para-hydroxylation sites is 1. The van der Waals surface area contributed by atoms with Crippen molar-refractivity contribution < 1.29 is 9.47 Å². The normalized spacial score (nSPS) is 18.6. The number of hydrogen-bond acceptors (Lipinski definition) is 2. The lowest BCUT2D eigenvalue weighted by Crippen LogP contribution is -2.46. The van der Waals surface area contributed by atoms with Crippen LogP contribution in [0, 0.1) is 5.41 Å². The predicted molar refractivity (Wildman–Crippen MR) is 55.5 cm³/mol. The van der Waals surface area contributed by atoms with Crippen LogP contribution in [-0.2, 0) is 4.74 Å². The molecular weight excluding hydrogens is 176 g/mol. The zero-order valence-electron chi connectivity index (χ0n) is 8.53. The summed E-state index contributed by atoms with van der Waals surface area (Å²) in [5.41, 5.74) is 0.274. The molecule has 14 heavy (non-hydrogen) atoms. The largest absolute Gasteiger partial charge is 0.493 e. The maximum Gasteiger partial charge on any atom is 0.119 e. The molecule has 0 N–H and O–H groups in total. The average molecular weight is 192 g/mol. The van der Waals surface area contributed by atoms with E-state index < -0.39 is 0 Å². The zero-order chi connectivity index (χ0) is 9.86. The second-order valence-electron chi connectivity index (χ2n) is 3.95. The molecule has 1 aromatic rings. The van der Waals surface area contributed by atoms with Crippen LogP contribution in [0.15, 0.2) is 30.3 Å². The van der Waals surface area contributed by atoms with Gasteiger partial charge in [-0.3, -0.25) is 0 Å². The van der Waals surface area contributed by atoms with Gasteiger partial charge in [-0.05, 0) is 18.6 Å². The van der Waals surface area contributed by atoms with Gasteiger partial charge in [0.25, 0.3) is 0 Å². The molecule has 2 heteroatoms. The number of hydrogen-bond donors (Lipinski definition) is 0. The van der Waals surface area contributed by atoms with Crippen molar-refractivity contribution in [2.75, 3.05) is 19.8 Å². The third-order valence-electron chi connectivity index (χ3n) is 2.85. The Morgan fingerprint density at radius 2 is 2.00 bits per heavy atom. The smallest absolute Gasteiger partial charge is 0.119 e. The lowest BCUT2D eigenvalue weighted by molar-refractivity contribution is -0.133. The fourth-order valence-corrected chi connectivity index (χ4v) is 1.53. The molecule has 0 aromatic heterocycles. The van der Waals surface area contributed by atoms with Gasteiger partial charge in [0.1, 0.15) is 5.75 Å². The minimum absolute atomic E-state index is 0.274. The molecule has 0 spiro atoms. The van der Waals surface area contributed by atoms with Crippen molar-refractivity contribution in [1.82, 2.24) is 0 Å². The summed E-state index contributed by atoms with van der Waals surface area (Å²) in [4.78, 5) is 0. The van der Waals surface area contributed by atoms with Crippen molar-refractivity contribution in [3.8, 4) is 5.75 Å². The molecule has 1 fully saturated rings. The maximum atomic E-state index is 5.72. The van der Waals surface area contributed by atoms with Crippen molar-refractivity contribution in [1.29, 1.82) is 0 Å². The zero-order valence-corrected chi connectivity index (χ0v) is 8.53. The number of ether oxygens (including phenoxy) is 2. The predicted octanol–water partition coefficient (Wildman–Crippen LogP) is 2.49. The standard InChI is InChI=1S/C12H16O2/c1-2-12(8-13-9-12)10-14-11-6-4-3-5-7-11/h3-7H,2,8-10H2,1H3. The van der Waals surface area contributed by atoms with Gasteiger partial charge in [-0.2, -0.15) is 0 Å². The Balaban J connectivity index is 1.88. The Bertz CT molecular complexity index is 272. The highest BCUT2D eigenvalue weighted by Crippen LogP contribution is 2.31. The first-order valence-corrected chi connectivity index (χ1v) is 5.10. The van der Waals surface area contributed by atoms with Crippen molar-refractivity contribution in [2.45, 2.75) is 13.3 Å². The first-order valence-electron chi connectivity index (χ1n) is 5.10. The second-order valence-corrected chi connectivity index (χ2v) is 3.95. The Labute approximate surface area is 84.8 Å². The molecule has 0 aliphatic carbocycles. The van der Waals surface area contributed by atoms with Gasteiger partial charge in [0.05, 0.1) is 25.2 Å². The van der Waals surface area contributed by atoms with Gasteiger partial charge in [0.15, 0.2) is 0 Å². The van der Waals surface area contributed by atoms with Gasteiger partial charge in [-0.25, -0.2) is 0 Å². The average Bonchev–Trinajstić information content (AvgIpc) is 2.19. The number of benzene rings is 1. The van der Waals surface area contributed by atoms with Crippen LogP contribution in [0.4, 0.5) is 0 Å². The lowest BCUT2D eigenvalue weighted by atomic mass is 9.84. The van der Waals surface area contributed by atoms with E-state index in [0.717, 1.165) is 32.0 Å². The molecule has 2 rings (SSSR count). The van der Waals surface area contributed by atoms with Crippen LogP contribution in [0.2, 0.25) is 0 Å². The molecule has 0 radical (unpaired) electrons. The van der Waals surface area contributed by atoms with E-state index in [4.69, 9.17) is 9.47 Å². The summed E-state index contributed by atoms with van der Waals surface area (Å²) < 4.78 is 11.0. The first-order chi connectivity index (χ1) is 6.85. The van der Waals surface area contributed by atoms with Gasteiger partial charge >= 0.3 is 0 Å². The van der Waals surface area contributed by atoms with Crippen molar-refractivity contribution in [3.63, 3.8) is 0 Å². The quantitative estimate of drug-likeness (QED) is 0.729. The van der Waals surface area contributed by atoms with E-state index in [2.05, 4.69) is 6.92 Å². The molecule has 0 bridgehead atoms. The monoisotopic (exact) mass is 192 g/mol. The van der Waals surface area contributed by atoms with E-state index in [0.29, 0.717) is 0 Å². The summed E-state index contributed by atoms with van der Waals surface area (Å²) in [5, 5.41) is 0. The van der Waals surface area contributed by atoms with Crippen molar-refractivity contribution >= 4 is 0 Å². The highest BCUT2D eigenvalue weighted by Gasteiger charge is 2.37. The summed E-state index contributed by atoms with van der Waals surface area (Å²) in [5.74, 6) is 0.951. The van der Waals surface area contributed by atoms with Crippen LogP contribution in [-0.4, -0.2) is 19.8 Å². The van der Waals surface area contributed by atoms with E-state index in [1.165, 1.54) is 0 Å². The lowest BCUT2D eigenvalue weighted by Gasteiger charge is -2.40. The van der Waals surface area contributed by atoms with E-state index in [1.807, 2.05) is 30.3 Å². The van der Waals surface area contributed by atoms with Crippen molar-refractivity contribution in [3.05, 3.63) is 30.3 Å². The summed E-state index contributed by atoms with van der Waals surface area (Å²) in [6.45, 7) is 4.65. The van der Waals surface area contributed by atoms with Crippen LogP contribution in [0.25, 0.3) is 0 Å². The first kappa shape index (κ1) is 9.53. The van der Waals surface area contributed by atoms with Gasteiger partial charge < -0.3 is 9.47 Å². The van der Waals surface area contributed by atoms with Gasteiger partial charge in [-0.15, -0.1) is 0 Å². The fourth-order valence-electron chi connectivity index (χ4n) is 1.53. The third kappa shape index (κ3) is 1.90. The summed E-state index contributed by atoms with van der Waals surface area (Å²) in [6.07, 6.45) is 1.12. The minimum atomic E-state index is 0.274. The van der Waals surface area contributed by atoms with E-state index in [9.17, 15) is 0 Å². The molecule has 0 saturated carbocycles. The Hall–Kier alpha value is -1.02. The summed E-state index contributed by atoms with van der Waals surface area (Å²) in [7, 11) is 0. The highest BCUT2D eigenvalue weighted by atomic mass is 16.5. The van der Waals surface area contributed by atoms with Crippen LogP contribution in [0.3, 0.4) is 0 Å². The highest BCUT2D eigenvalue weighted by molar-refractivity contribution is 5.21. The third-order valence-corrected chi connectivity index (χ3v) is 2.85.